The minimum absolute atomic E-state index is 0.0937. The number of amides is 3. The second kappa shape index (κ2) is 15.8. The summed E-state index contributed by atoms with van der Waals surface area (Å²) in [6.07, 6.45) is 1.41. The van der Waals surface area contributed by atoms with Gasteiger partial charge < -0.3 is 21.1 Å². The van der Waals surface area contributed by atoms with Gasteiger partial charge in [0.15, 0.2) is 0 Å². The summed E-state index contributed by atoms with van der Waals surface area (Å²) in [5.74, 6) is -2.59. The van der Waals surface area contributed by atoms with E-state index in [-0.39, 0.29) is 22.9 Å². The van der Waals surface area contributed by atoms with Crippen molar-refractivity contribution in [2.24, 2.45) is 0 Å². The van der Waals surface area contributed by atoms with Crippen molar-refractivity contribution in [3.63, 3.8) is 0 Å². The zero-order valence-electron chi connectivity index (χ0n) is 25.6. The van der Waals surface area contributed by atoms with E-state index >= 15 is 0 Å². The van der Waals surface area contributed by atoms with Crippen LogP contribution in [-0.2, 0) is 9.59 Å². The number of nitrogens with zero attached hydrogens (tertiary/aromatic N) is 1. The number of nitrogens with one attached hydrogen (secondary N) is 3. The topological polar surface area (TPSA) is 168 Å². The Bertz CT molecular complexity index is 2020. The van der Waals surface area contributed by atoms with E-state index in [1.165, 1.54) is 66.4 Å². The number of carbonyl (C=O) groups excluding carboxylic acids is 3. The van der Waals surface area contributed by atoms with Crippen LogP contribution in [0.15, 0.2) is 144 Å². The van der Waals surface area contributed by atoms with Crippen LogP contribution in [0.3, 0.4) is 0 Å². The van der Waals surface area contributed by atoms with E-state index in [1.54, 1.807) is 54.6 Å². The number of non-ortho nitro benzene ring substituents is 1. The lowest BCUT2D eigenvalue weighted by atomic mass is 10.1. The molecule has 0 aliphatic carbocycles. The predicted molar refractivity (Wildman–Crippen MR) is 187 cm³/mol. The molecule has 0 fully saturated rings. The van der Waals surface area contributed by atoms with E-state index in [9.17, 15) is 34.4 Å². The van der Waals surface area contributed by atoms with Gasteiger partial charge in [0, 0.05) is 34.0 Å². The van der Waals surface area contributed by atoms with Gasteiger partial charge in [-0.1, -0.05) is 54.6 Å². The molecule has 244 valence electrons. The number of hydrogen-bond donors (Lipinski definition) is 4. The van der Waals surface area contributed by atoms with Gasteiger partial charge in [-0.05, 0) is 83.9 Å². The molecule has 0 saturated carbocycles. The molecule has 5 rings (SSSR count). The molecule has 0 radical (unpaired) electrons. The highest BCUT2D eigenvalue weighted by molar-refractivity contribution is 8.00. The molecule has 0 bridgehead atoms. The minimum Gasteiger partial charge on any atom is -0.478 e. The van der Waals surface area contributed by atoms with Crippen molar-refractivity contribution in [2.45, 2.75) is 10.1 Å². The molecule has 0 aromatic heterocycles. The Labute approximate surface area is 284 Å². The highest BCUT2D eigenvalue weighted by Gasteiger charge is 2.23. The Balaban J connectivity index is 1.37. The van der Waals surface area contributed by atoms with Crippen LogP contribution in [0.4, 0.5) is 17.1 Å². The summed E-state index contributed by atoms with van der Waals surface area (Å²) < 4.78 is 0. The van der Waals surface area contributed by atoms with Gasteiger partial charge in [0.05, 0.1) is 10.5 Å². The molecule has 12 heteroatoms. The third-order valence-electron chi connectivity index (χ3n) is 7.03. The normalized spacial score (nSPS) is 11.6. The lowest BCUT2D eigenvalue weighted by molar-refractivity contribution is -0.384. The molecule has 0 aliphatic heterocycles. The maximum atomic E-state index is 13.6. The largest absolute Gasteiger partial charge is 0.478 e. The first-order valence-corrected chi connectivity index (χ1v) is 15.6. The lowest BCUT2D eigenvalue weighted by Crippen LogP contribution is -2.30. The van der Waals surface area contributed by atoms with Gasteiger partial charge in [0.1, 0.15) is 10.9 Å². The van der Waals surface area contributed by atoms with Crippen molar-refractivity contribution in [3.8, 4) is 0 Å². The number of hydrogen-bond acceptors (Lipinski definition) is 7. The van der Waals surface area contributed by atoms with Gasteiger partial charge in [0.25, 0.3) is 17.5 Å². The number of carbonyl (C=O) groups is 4. The molecule has 1 atom stereocenters. The summed E-state index contributed by atoms with van der Waals surface area (Å²) in [5.41, 5.74) is 2.18. The first-order chi connectivity index (χ1) is 23.7. The van der Waals surface area contributed by atoms with Crippen LogP contribution in [0.25, 0.3) is 6.08 Å². The van der Waals surface area contributed by atoms with Crippen LogP contribution in [0, 0.1) is 10.1 Å². The SMILES string of the molecule is O=C(Nc1cccc(SC(C(=O)Nc2ccc(C(=O)O)cc2)c2ccccc2)c1)/C(=C\c1ccc([N+](=O)[O-])cc1)NC(=O)c1ccccc1. The number of thioether (sulfide) groups is 1. The van der Waals surface area contributed by atoms with Gasteiger partial charge in [-0.3, -0.25) is 24.5 Å². The number of nitro benzene ring substituents is 1. The summed E-state index contributed by atoms with van der Waals surface area (Å²) in [6.45, 7) is 0. The van der Waals surface area contributed by atoms with Gasteiger partial charge in [-0.25, -0.2) is 4.79 Å². The Kier molecular flexibility index (Phi) is 10.9. The fourth-order valence-corrected chi connectivity index (χ4v) is 5.67. The zero-order chi connectivity index (χ0) is 34.8. The Morgan fingerprint density at radius 1 is 0.714 bits per heavy atom. The average Bonchev–Trinajstić information content (AvgIpc) is 3.11. The van der Waals surface area contributed by atoms with Crippen LogP contribution in [0.2, 0.25) is 0 Å². The number of carboxylic acid groups (broad SMARTS) is 1. The first-order valence-electron chi connectivity index (χ1n) is 14.8. The average molecular weight is 673 g/mol. The molecule has 4 N–H and O–H groups in total. The maximum Gasteiger partial charge on any atom is 0.335 e. The van der Waals surface area contributed by atoms with Gasteiger partial charge in [-0.2, -0.15) is 0 Å². The minimum atomic E-state index is -1.07. The number of aromatic carboxylic acids is 1. The summed E-state index contributed by atoms with van der Waals surface area (Å²) >= 11 is 1.24. The number of rotatable bonds is 12. The summed E-state index contributed by atoms with van der Waals surface area (Å²) in [7, 11) is 0. The van der Waals surface area contributed by atoms with E-state index in [0.29, 0.717) is 27.4 Å². The number of nitro groups is 1. The highest BCUT2D eigenvalue weighted by Crippen LogP contribution is 2.37. The molecular weight excluding hydrogens is 644 g/mol. The van der Waals surface area contributed by atoms with Crippen LogP contribution >= 0.6 is 11.8 Å². The van der Waals surface area contributed by atoms with Crippen molar-refractivity contribution in [3.05, 3.63) is 172 Å². The summed E-state index contributed by atoms with van der Waals surface area (Å²) in [6, 6.07) is 35.7. The Morgan fingerprint density at radius 3 is 2.00 bits per heavy atom. The Hall–Kier alpha value is -6.53. The number of anilines is 2. The molecule has 5 aromatic carbocycles. The van der Waals surface area contributed by atoms with Crippen molar-refractivity contribution < 1.29 is 29.2 Å². The smallest absolute Gasteiger partial charge is 0.335 e. The maximum absolute atomic E-state index is 13.6. The molecule has 1 unspecified atom stereocenters. The van der Waals surface area contributed by atoms with Crippen LogP contribution in [0.1, 0.15) is 37.1 Å². The van der Waals surface area contributed by atoms with Crippen molar-refractivity contribution in [1.82, 2.24) is 5.32 Å². The molecular formula is C37H28N4O7S. The second-order valence-electron chi connectivity index (χ2n) is 10.5. The van der Waals surface area contributed by atoms with Crippen molar-refractivity contribution >= 4 is 58.6 Å². The van der Waals surface area contributed by atoms with E-state index in [0.717, 1.165) is 5.56 Å². The van der Waals surface area contributed by atoms with Crippen molar-refractivity contribution in [1.29, 1.82) is 0 Å². The molecule has 0 spiro atoms. The van der Waals surface area contributed by atoms with Gasteiger partial charge >= 0.3 is 5.97 Å². The van der Waals surface area contributed by atoms with Crippen LogP contribution < -0.4 is 16.0 Å². The lowest BCUT2D eigenvalue weighted by Gasteiger charge is -2.18. The molecule has 0 saturated heterocycles. The third kappa shape index (κ3) is 9.27. The monoisotopic (exact) mass is 672 g/mol. The molecule has 0 aliphatic rings. The second-order valence-corrected chi connectivity index (χ2v) is 11.7. The Morgan fingerprint density at radius 2 is 1.37 bits per heavy atom. The van der Waals surface area contributed by atoms with E-state index in [2.05, 4.69) is 16.0 Å². The van der Waals surface area contributed by atoms with E-state index < -0.39 is 28.0 Å². The fourth-order valence-electron chi connectivity index (χ4n) is 4.59. The number of carboxylic acids is 1. The fraction of sp³-hybridized carbons (Fsp3) is 0.0270. The third-order valence-corrected chi connectivity index (χ3v) is 8.28. The van der Waals surface area contributed by atoms with Gasteiger partial charge in [0.2, 0.25) is 5.91 Å². The summed E-state index contributed by atoms with van der Waals surface area (Å²) in [5, 5.41) is 27.9. The molecule has 5 aromatic rings. The standard InChI is InChI=1S/C37H28N4O7S/c42-34(26-10-5-2-6-11-26)40-32(22-24-14-20-30(21-15-24)41(47)48)35(43)39-29-12-7-13-31(23-29)49-33(25-8-3-1-4-9-25)36(44)38-28-18-16-27(17-19-28)37(45)46/h1-23,33H,(H,38,44)(H,39,43)(H,40,42)(H,45,46)/b32-22+. The molecule has 3 amide bonds. The van der Waals surface area contributed by atoms with E-state index in [4.69, 9.17) is 0 Å². The quantitative estimate of drug-likeness (QED) is 0.0468. The van der Waals surface area contributed by atoms with Crippen molar-refractivity contribution in [2.75, 3.05) is 10.6 Å². The molecule has 11 nitrogen and oxygen atoms in total. The first kappa shape index (κ1) is 33.8. The summed E-state index contributed by atoms with van der Waals surface area (Å²) in [4.78, 5) is 62.6. The number of benzene rings is 5. The highest BCUT2D eigenvalue weighted by atomic mass is 32.2. The predicted octanol–water partition coefficient (Wildman–Crippen LogP) is 7.17. The van der Waals surface area contributed by atoms with Crippen LogP contribution in [-0.4, -0.2) is 33.7 Å². The van der Waals surface area contributed by atoms with Gasteiger partial charge in [-0.15, -0.1) is 11.8 Å². The van der Waals surface area contributed by atoms with Crippen LogP contribution in [0.5, 0.6) is 0 Å². The molecule has 0 heterocycles. The molecule has 49 heavy (non-hydrogen) atoms. The zero-order valence-corrected chi connectivity index (χ0v) is 26.4. The van der Waals surface area contributed by atoms with E-state index in [1.807, 2.05) is 30.3 Å².